The molecule has 1 atom stereocenters. The Morgan fingerprint density at radius 1 is 1.45 bits per heavy atom. The van der Waals surface area contributed by atoms with Gasteiger partial charge in [-0.25, -0.2) is 0 Å². The van der Waals surface area contributed by atoms with E-state index in [1.807, 2.05) is 6.92 Å². The standard InChI is InChI=1S/C14H20N2O4/c1-3-5-11(13(19)15-8-7-12(17)18)16-9-4-6-10(2)14(16)20/h4,6,9,11H,3,5,7-8H2,1-2H3,(H,15,19)(H,17,18). The molecule has 0 bridgehead atoms. The number of aromatic nitrogens is 1. The fraction of sp³-hybridized carbons (Fsp3) is 0.500. The van der Waals surface area contributed by atoms with E-state index in [0.717, 1.165) is 6.42 Å². The Morgan fingerprint density at radius 3 is 2.75 bits per heavy atom. The molecule has 1 aromatic rings. The van der Waals surface area contributed by atoms with Crippen molar-refractivity contribution in [3.63, 3.8) is 0 Å². The van der Waals surface area contributed by atoms with Crippen molar-refractivity contribution in [2.75, 3.05) is 6.54 Å². The Hall–Kier alpha value is -2.11. The first-order chi connectivity index (χ1) is 9.47. The molecule has 0 aromatic carbocycles. The van der Waals surface area contributed by atoms with Crippen molar-refractivity contribution in [2.24, 2.45) is 0 Å². The summed E-state index contributed by atoms with van der Waals surface area (Å²) in [4.78, 5) is 34.6. The van der Waals surface area contributed by atoms with Crippen molar-refractivity contribution in [2.45, 2.75) is 39.2 Å². The summed E-state index contributed by atoms with van der Waals surface area (Å²) in [7, 11) is 0. The van der Waals surface area contributed by atoms with Gasteiger partial charge in [-0.3, -0.25) is 14.4 Å². The number of hydrogen-bond donors (Lipinski definition) is 2. The highest BCUT2D eigenvalue weighted by Crippen LogP contribution is 2.12. The Bertz CT molecular complexity index is 536. The van der Waals surface area contributed by atoms with Crippen LogP contribution in [-0.2, 0) is 9.59 Å². The van der Waals surface area contributed by atoms with Crippen molar-refractivity contribution in [1.82, 2.24) is 9.88 Å². The SMILES string of the molecule is CCCC(C(=O)NCCC(=O)O)n1cccc(C)c1=O. The van der Waals surface area contributed by atoms with E-state index >= 15 is 0 Å². The quantitative estimate of drug-likeness (QED) is 0.782. The number of aryl methyl sites for hydroxylation is 1. The number of carboxylic acid groups (broad SMARTS) is 1. The topological polar surface area (TPSA) is 88.4 Å². The molecule has 0 spiro atoms. The van der Waals surface area contributed by atoms with Crippen LogP contribution in [0.25, 0.3) is 0 Å². The van der Waals surface area contributed by atoms with E-state index in [1.54, 1.807) is 25.3 Å². The van der Waals surface area contributed by atoms with Crippen LogP contribution in [0.15, 0.2) is 23.1 Å². The summed E-state index contributed by atoms with van der Waals surface area (Å²) in [6, 6.07) is 2.83. The third-order valence-electron chi connectivity index (χ3n) is 3.00. The Balaban J connectivity index is 2.88. The van der Waals surface area contributed by atoms with Crippen molar-refractivity contribution >= 4 is 11.9 Å². The molecule has 20 heavy (non-hydrogen) atoms. The van der Waals surface area contributed by atoms with Gasteiger partial charge in [0.2, 0.25) is 5.91 Å². The second-order valence-corrected chi connectivity index (χ2v) is 4.64. The molecule has 1 aromatic heterocycles. The summed E-state index contributed by atoms with van der Waals surface area (Å²) in [6.45, 7) is 3.69. The first-order valence-corrected chi connectivity index (χ1v) is 6.64. The number of carbonyl (C=O) groups is 2. The average Bonchev–Trinajstić information content (AvgIpc) is 2.39. The molecule has 1 heterocycles. The molecule has 0 aliphatic rings. The number of pyridine rings is 1. The molecule has 1 amide bonds. The van der Waals surface area contributed by atoms with E-state index < -0.39 is 12.0 Å². The van der Waals surface area contributed by atoms with Crippen LogP contribution >= 0.6 is 0 Å². The van der Waals surface area contributed by atoms with E-state index in [1.165, 1.54) is 4.57 Å². The highest BCUT2D eigenvalue weighted by molar-refractivity contribution is 5.80. The Kier molecular flexibility index (Phi) is 5.96. The van der Waals surface area contributed by atoms with Gasteiger partial charge < -0.3 is 15.0 Å². The number of aliphatic carboxylic acids is 1. The zero-order chi connectivity index (χ0) is 15.1. The lowest BCUT2D eigenvalue weighted by molar-refractivity contribution is -0.137. The molecule has 6 heteroatoms. The highest BCUT2D eigenvalue weighted by Gasteiger charge is 2.20. The number of rotatable bonds is 7. The molecule has 6 nitrogen and oxygen atoms in total. The van der Waals surface area contributed by atoms with Crippen LogP contribution in [0.4, 0.5) is 0 Å². The molecule has 0 radical (unpaired) electrons. The molecule has 0 aliphatic heterocycles. The minimum absolute atomic E-state index is 0.0644. The van der Waals surface area contributed by atoms with Gasteiger partial charge in [0.15, 0.2) is 0 Å². The molecule has 0 aliphatic carbocycles. The van der Waals surface area contributed by atoms with Gasteiger partial charge in [-0.15, -0.1) is 0 Å². The Morgan fingerprint density at radius 2 is 2.15 bits per heavy atom. The summed E-state index contributed by atoms with van der Waals surface area (Å²) in [5.41, 5.74) is 0.381. The molecular weight excluding hydrogens is 260 g/mol. The van der Waals surface area contributed by atoms with Gasteiger partial charge in [0.25, 0.3) is 5.56 Å². The van der Waals surface area contributed by atoms with Crippen molar-refractivity contribution < 1.29 is 14.7 Å². The minimum atomic E-state index is -0.968. The minimum Gasteiger partial charge on any atom is -0.481 e. The molecule has 0 fully saturated rings. The van der Waals surface area contributed by atoms with Gasteiger partial charge >= 0.3 is 5.97 Å². The zero-order valence-electron chi connectivity index (χ0n) is 11.8. The first kappa shape index (κ1) is 15.9. The Labute approximate surface area is 117 Å². The largest absolute Gasteiger partial charge is 0.481 e. The third kappa shape index (κ3) is 4.22. The summed E-state index contributed by atoms with van der Waals surface area (Å²) in [5, 5.41) is 11.1. The second kappa shape index (κ2) is 7.47. The summed E-state index contributed by atoms with van der Waals surface area (Å²) in [5.74, 6) is -1.29. The van der Waals surface area contributed by atoms with E-state index in [9.17, 15) is 14.4 Å². The van der Waals surface area contributed by atoms with Gasteiger partial charge in [0, 0.05) is 18.3 Å². The maximum absolute atomic E-state index is 12.1. The van der Waals surface area contributed by atoms with E-state index in [2.05, 4.69) is 5.32 Å². The number of carboxylic acids is 1. The van der Waals surface area contributed by atoms with Crippen molar-refractivity contribution in [3.05, 3.63) is 34.2 Å². The smallest absolute Gasteiger partial charge is 0.305 e. The lowest BCUT2D eigenvalue weighted by Gasteiger charge is -2.19. The van der Waals surface area contributed by atoms with E-state index in [-0.39, 0.29) is 24.4 Å². The normalized spacial score (nSPS) is 11.9. The van der Waals surface area contributed by atoms with Crippen LogP contribution in [0.5, 0.6) is 0 Å². The van der Waals surface area contributed by atoms with Gasteiger partial charge in [-0.2, -0.15) is 0 Å². The van der Waals surface area contributed by atoms with Crippen LogP contribution in [0.1, 0.15) is 37.8 Å². The fourth-order valence-corrected chi connectivity index (χ4v) is 1.95. The third-order valence-corrected chi connectivity index (χ3v) is 3.00. The number of nitrogens with one attached hydrogen (secondary N) is 1. The van der Waals surface area contributed by atoms with Gasteiger partial charge in [0.1, 0.15) is 6.04 Å². The lowest BCUT2D eigenvalue weighted by atomic mass is 10.1. The summed E-state index contributed by atoms with van der Waals surface area (Å²) in [6.07, 6.45) is 2.74. The number of hydrogen-bond acceptors (Lipinski definition) is 3. The van der Waals surface area contributed by atoms with Gasteiger partial charge in [-0.05, 0) is 19.4 Å². The molecule has 1 rings (SSSR count). The monoisotopic (exact) mass is 280 g/mol. The number of nitrogens with zero attached hydrogens (tertiary/aromatic N) is 1. The maximum atomic E-state index is 12.1. The van der Waals surface area contributed by atoms with Crippen molar-refractivity contribution in [1.29, 1.82) is 0 Å². The van der Waals surface area contributed by atoms with Crippen molar-refractivity contribution in [3.8, 4) is 0 Å². The van der Waals surface area contributed by atoms with E-state index in [4.69, 9.17) is 5.11 Å². The molecular formula is C14H20N2O4. The van der Waals surface area contributed by atoms with Crippen LogP contribution in [0.3, 0.4) is 0 Å². The number of amides is 1. The lowest BCUT2D eigenvalue weighted by Crippen LogP contribution is -2.38. The zero-order valence-corrected chi connectivity index (χ0v) is 11.8. The predicted octanol–water partition coefficient (Wildman–Crippen LogP) is 1.09. The first-order valence-electron chi connectivity index (χ1n) is 6.64. The summed E-state index contributed by atoms with van der Waals surface area (Å²) < 4.78 is 1.41. The second-order valence-electron chi connectivity index (χ2n) is 4.64. The predicted molar refractivity (Wildman–Crippen MR) is 74.6 cm³/mol. The van der Waals surface area contributed by atoms with Crippen LogP contribution < -0.4 is 10.9 Å². The average molecular weight is 280 g/mol. The molecule has 0 saturated heterocycles. The number of carbonyl (C=O) groups excluding carboxylic acids is 1. The summed E-state index contributed by atoms with van der Waals surface area (Å²) >= 11 is 0. The van der Waals surface area contributed by atoms with Gasteiger partial charge in [0.05, 0.1) is 6.42 Å². The highest BCUT2D eigenvalue weighted by atomic mass is 16.4. The van der Waals surface area contributed by atoms with E-state index in [0.29, 0.717) is 12.0 Å². The van der Waals surface area contributed by atoms with Crippen LogP contribution in [0, 0.1) is 6.92 Å². The fourth-order valence-electron chi connectivity index (χ4n) is 1.95. The molecule has 110 valence electrons. The van der Waals surface area contributed by atoms with Crippen LogP contribution in [-0.4, -0.2) is 28.1 Å². The van der Waals surface area contributed by atoms with Crippen LogP contribution in [0.2, 0.25) is 0 Å². The molecule has 2 N–H and O–H groups in total. The van der Waals surface area contributed by atoms with Gasteiger partial charge in [-0.1, -0.05) is 19.4 Å². The molecule has 0 saturated carbocycles. The molecule has 1 unspecified atom stereocenters. The maximum Gasteiger partial charge on any atom is 0.305 e.